The number of rotatable bonds is 4. The van der Waals surface area contributed by atoms with Crippen molar-refractivity contribution in [2.45, 2.75) is 0 Å². The number of likely N-dealkylation sites (N-methyl/N-ethyl adjacent to an activating group) is 1. The molecule has 1 aliphatic heterocycles. The number of ether oxygens (including phenoxy) is 1. The molecule has 0 fully saturated rings. The Morgan fingerprint density at radius 3 is 2.67 bits per heavy atom. The Labute approximate surface area is 154 Å². The van der Waals surface area contributed by atoms with Crippen LogP contribution in [0, 0.1) is 5.82 Å². The summed E-state index contributed by atoms with van der Waals surface area (Å²) in [4.78, 5) is 36.6. The molecule has 0 unspecified atom stereocenters. The molecular formula is C19H16FN3O4. The van der Waals surface area contributed by atoms with Gasteiger partial charge in [0.1, 0.15) is 11.6 Å². The number of hydrogen-bond donors (Lipinski definition) is 2. The summed E-state index contributed by atoms with van der Waals surface area (Å²) >= 11 is 0. The van der Waals surface area contributed by atoms with Gasteiger partial charge in [-0.15, -0.1) is 0 Å². The fourth-order valence-electron chi connectivity index (χ4n) is 2.49. The number of nitrogens with one attached hydrogen (secondary N) is 2. The lowest BCUT2D eigenvalue weighted by atomic mass is 10.1. The first-order valence-corrected chi connectivity index (χ1v) is 7.97. The highest BCUT2D eigenvalue weighted by atomic mass is 19.1. The minimum Gasteiger partial charge on any atom is -0.481 e. The molecule has 2 aromatic rings. The molecular weight excluding hydrogens is 353 g/mol. The molecule has 3 rings (SSSR count). The average Bonchev–Trinajstić information content (AvgIpc) is 2.67. The highest BCUT2D eigenvalue weighted by Crippen LogP contribution is 2.33. The highest BCUT2D eigenvalue weighted by molar-refractivity contribution is 6.06. The number of halogens is 1. The predicted octanol–water partition coefficient (Wildman–Crippen LogP) is 2.56. The normalized spacial score (nSPS) is 12.3. The maximum atomic E-state index is 14.2. The zero-order valence-electron chi connectivity index (χ0n) is 14.4. The maximum Gasteiger partial charge on any atom is 0.262 e. The Balaban J connectivity index is 1.77. The van der Waals surface area contributed by atoms with Gasteiger partial charge in [-0.2, -0.15) is 0 Å². The van der Waals surface area contributed by atoms with Crippen LogP contribution < -0.4 is 20.3 Å². The van der Waals surface area contributed by atoms with Crippen molar-refractivity contribution >= 4 is 34.8 Å². The van der Waals surface area contributed by atoms with Crippen LogP contribution in [-0.4, -0.2) is 31.4 Å². The van der Waals surface area contributed by atoms with E-state index in [1.807, 2.05) is 0 Å². The summed E-state index contributed by atoms with van der Waals surface area (Å²) < 4.78 is 19.4. The Bertz CT molecular complexity index is 941. The number of carbonyl (C=O) groups is 3. The molecule has 0 aliphatic carbocycles. The van der Waals surface area contributed by atoms with E-state index >= 15 is 0 Å². The molecule has 1 heterocycles. The van der Waals surface area contributed by atoms with E-state index in [1.165, 1.54) is 29.2 Å². The molecule has 138 valence electrons. The molecule has 2 N–H and O–H groups in total. The number of anilines is 3. The minimum absolute atomic E-state index is 0.0714. The van der Waals surface area contributed by atoms with Crippen LogP contribution in [0.2, 0.25) is 0 Å². The van der Waals surface area contributed by atoms with Crippen LogP contribution in [-0.2, 0) is 9.59 Å². The van der Waals surface area contributed by atoms with Crippen LogP contribution in [0.4, 0.5) is 21.5 Å². The number of amides is 3. The van der Waals surface area contributed by atoms with E-state index < -0.39 is 11.7 Å². The third kappa shape index (κ3) is 3.79. The second-order valence-electron chi connectivity index (χ2n) is 5.77. The molecule has 8 heteroatoms. The smallest absolute Gasteiger partial charge is 0.262 e. The molecule has 0 bridgehead atoms. The van der Waals surface area contributed by atoms with Gasteiger partial charge in [-0.1, -0.05) is 6.58 Å². The van der Waals surface area contributed by atoms with Crippen LogP contribution in [0.15, 0.2) is 49.1 Å². The Morgan fingerprint density at radius 2 is 2.00 bits per heavy atom. The first-order chi connectivity index (χ1) is 12.9. The van der Waals surface area contributed by atoms with Crippen LogP contribution in [0.5, 0.6) is 5.75 Å². The molecule has 0 saturated carbocycles. The number of hydrogen-bond acceptors (Lipinski definition) is 4. The summed E-state index contributed by atoms with van der Waals surface area (Å²) in [6.07, 6.45) is 1.18. The van der Waals surface area contributed by atoms with Crippen molar-refractivity contribution in [2.75, 3.05) is 29.2 Å². The van der Waals surface area contributed by atoms with E-state index in [0.29, 0.717) is 5.69 Å². The fraction of sp³-hybridized carbons (Fsp3) is 0.105. The first-order valence-electron chi connectivity index (χ1n) is 7.97. The van der Waals surface area contributed by atoms with Gasteiger partial charge in [-0.3, -0.25) is 14.4 Å². The minimum atomic E-state index is -0.708. The quantitative estimate of drug-likeness (QED) is 0.811. The summed E-state index contributed by atoms with van der Waals surface area (Å²) in [6.45, 7) is 3.24. The molecule has 2 aromatic carbocycles. The van der Waals surface area contributed by atoms with Gasteiger partial charge in [0.15, 0.2) is 6.61 Å². The average molecular weight is 369 g/mol. The lowest BCUT2D eigenvalue weighted by Crippen LogP contribution is -2.25. The van der Waals surface area contributed by atoms with Crippen molar-refractivity contribution in [1.29, 1.82) is 0 Å². The van der Waals surface area contributed by atoms with Crippen molar-refractivity contribution in [2.24, 2.45) is 0 Å². The Kier molecular flexibility index (Phi) is 4.89. The number of benzene rings is 2. The van der Waals surface area contributed by atoms with Gasteiger partial charge in [0.05, 0.1) is 11.4 Å². The third-order valence-electron chi connectivity index (χ3n) is 3.97. The standard InChI is InChI=1S/C19H16FN3O4/c1-3-18(25)23(2)12-6-4-11(5-7-12)19(26)22-14-9-16-15(8-13(14)20)21-17(24)10-27-16/h3-9H,1,10H2,2H3,(H,21,24)(H,22,26). The molecule has 0 aromatic heterocycles. The monoisotopic (exact) mass is 369 g/mol. The number of carbonyl (C=O) groups excluding carboxylic acids is 3. The van der Waals surface area contributed by atoms with Crippen molar-refractivity contribution in [3.8, 4) is 5.75 Å². The molecule has 7 nitrogen and oxygen atoms in total. The van der Waals surface area contributed by atoms with Crippen LogP contribution in [0.1, 0.15) is 10.4 Å². The summed E-state index contributed by atoms with van der Waals surface area (Å²) in [6, 6.07) is 8.62. The van der Waals surface area contributed by atoms with Gasteiger partial charge in [0, 0.05) is 30.4 Å². The molecule has 0 radical (unpaired) electrons. The summed E-state index contributed by atoms with van der Waals surface area (Å²) in [7, 11) is 1.58. The predicted molar refractivity (Wildman–Crippen MR) is 98.5 cm³/mol. The fourth-order valence-corrected chi connectivity index (χ4v) is 2.49. The highest BCUT2D eigenvalue weighted by Gasteiger charge is 2.20. The molecule has 0 spiro atoms. The van der Waals surface area contributed by atoms with E-state index in [-0.39, 0.29) is 41.1 Å². The van der Waals surface area contributed by atoms with E-state index in [9.17, 15) is 18.8 Å². The van der Waals surface area contributed by atoms with Crippen molar-refractivity contribution < 1.29 is 23.5 Å². The van der Waals surface area contributed by atoms with Gasteiger partial charge in [0.25, 0.3) is 11.8 Å². The van der Waals surface area contributed by atoms with Crippen molar-refractivity contribution in [3.63, 3.8) is 0 Å². The van der Waals surface area contributed by atoms with Crippen molar-refractivity contribution in [3.05, 3.63) is 60.4 Å². The summed E-state index contributed by atoms with van der Waals surface area (Å²) in [5, 5.41) is 4.95. The number of fused-ring (bicyclic) bond motifs is 1. The molecule has 27 heavy (non-hydrogen) atoms. The van der Waals surface area contributed by atoms with Crippen LogP contribution in [0.25, 0.3) is 0 Å². The topological polar surface area (TPSA) is 87.7 Å². The van der Waals surface area contributed by atoms with Crippen LogP contribution >= 0.6 is 0 Å². The zero-order valence-corrected chi connectivity index (χ0v) is 14.4. The van der Waals surface area contributed by atoms with Gasteiger partial charge in [-0.25, -0.2) is 4.39 Å². The van der Waals surface area contributed by atoms with Crippen molar-refractivity contribution in [1.82, 2.24) is 0 Å². The molecule has 1 aliphatic rings. The maximum absolute atomic E-state index is 14.2. The molecule has 0 atom stereocenters. The van der Waals surface area contributed by atoms with Gasteiger partial charge in [-0.05, 0) is 30.3 Å². The second-order valence-corrected chi connectivity index (χ2v) is 5.77. The number of nitrogens with zero attached hydrogens (tertiary/aromatic N) is 1. The van der Waals surface area contributed by atoms with E-state index in [0.717, 1.165) is 6.07 Å². The molecule has 3 amide bonds. The van der Waals surface area contributed by atoms with E-state index in [4.69, 9.17) is 4.74 Å². The lowest BCUT2D eigenvalue weighted by molar-refractivity contribution is -0.118. The zero-order chi connectivity index (χ0) is 19.6. The van der Waals surface area contributed by atoms with Gasteiger partial charge < -0.3 is 20.3 Å². The van der Waals surface area contributed by atoms with Crippen LogP contribution in [0.3, 0.4) is 0 Å². The second kappa shape index (κ2) is 7.28. The SMILES string of the molecule is C=CC(=O)N(C)c1ccc(C(=O)Nc2cc3c(cc2F)NC(=O)CO3)cc1. The molecule has 0 saturated heterocycles. The lowest BCUT2D eigenvalue weighted by Gasteiger charge is -2.19. The largest absolute Gasteiger partial charge is 0.481 e. The van der Waals surface area contributed by atoms with Gasteiger partial charge >= 0.3 is 0 Å². The Hall–Kier alpha value is -3.68. The third-order valence-corrected chi connectivity index (χ3v) is 3.97. The first kappa shape index (κ1) is 18.1. The summed E-state index contributed by atoms with van der Waals surface area (Å²) in [5.41, 5.74) is 1.00. The van der Waals surface area contributed by atoms with E-state index in [1.54, 1.807) is 19.2 Å². The Morgan fingerprint density at radius 1 is 1.30 bits per heavy atom. The van der Waals surface area contributed by atoms with Gasteiger partial charge in [0.2, 0.25) is 5.91 Å². The summed E-state index contributed by atoms with van der Waals surface area (Å²) in [5.74, 6) is -1.63. The van der Waals surface area contributed by atoms with E-state index in [2.05, 4.69) is 17.2 Å².